The Bertz CT molecular complexity index is 1250. The fraction of sp³-hybridized carbons (Fsp3) is 0.0952. The number of aryl methyl sites for hydroxylation is 1. The number of ether oxygens (including phenoxy) is 1. The van der Waals surface area contributed by atoms with Crippen molar-refractivity contribution < 1.29 is 14.2 Å². The zero-order valence-corrected chi connectivity index (χ0v) is 16.5. The van der Waals surface area contributed by atoms with E-state index in [2.05, 4.69) is 19.9 Å². The van der Waals surface area contributed by atoms with Crippen LogP contribution in [-0.2, 0) is 6.61 Å². The third kappa shape index (κ3) is 3.81. The highest BCUT2D eigenvalue weighted by Gasteiger charge is 2.17. The molecule has 3 aromatic heterocycles. The summed E-state index contributed by atoms with van der Waals surface area (Å²) in [4.78, 5) is 17.9. The molecule has 7 nitrogen and oxygen atoms in total. The van der Waals surface area contributed by atoms with Gasteiger partial charge in [0, 0.05) is 18.0 Å². The first-order chi connectivity index (χ1) is 14.6. The summed E-state index contributed by atoms with van der Waals surface area (Å²) in [5.41, 5.74) is 1.71. The Morgan fingerprint density at radius 3 is 2.63 bits per heavy atom. The minimum atomic E-state index is -0.878. The summed E-state index contributed by atoms with van der Waals surface area (Å²) < 4.78 is 20.1. The largest absolute Gasteiger partial charge is 0.504 e. The SMILES string of the molecule is Cc1nc(COc2ncccn2)sc1-c1cccc(-c2ccc(C#N)c(O)c2F)n1. The number of thiazole rings is 1. The van der Waals surface area contributed by atoms with Crippen molar-refractivity contribution in [3.8, 4) is 39.7 Å². The van der Waals surface area contributed by atoms with Gasteiger partial charge in [0.25, 0.3) is 0 Å². The van der Waals surface area contributed by atoms with Crippen LogP contribution in [0.15, 0.2) is 48.8 Å². The summed E-state index contributed by atoms with van der Waals surface area (Å²) in [5.74, 6) is -1.56. The number of benzene rings is 1. The zero-order valence-electron chi connectivity index (χ0n) is 15.7. The van der Waals surface area contributed by atoms with Gasteiger partial charge < -0.3 is 9.84 Å². The summed E-state index contributed by atoms with van der Waals surface area (Å²) >= 11 is 1.41. The maximum Gasteiger partial charge on any atom is 0.316 e. The molecule has 30 heavy (non-hydrogen) atoms. The van der Waals surface area contributed by atoms with Gasteiger partial charge in [0.2, 0.25) is 0 Å². The van der Waals surface area contributed by atoms with Gasteiger partial charge in [0.05, 0.1) is 27.5 Å². The van der Waals surface area contributed by atoms with Crippen LogP contribution in [0.5, 0.6) is 11.8 Å². The second-order valence-corrected chi connectivity index (χ2v) is 7.27. The van der Waals surface area contributed by atoms with E-state index in [1.54, 1.807) is 42.7 Å². The Morgan fingerprint density at radius 1 is 1.10 bits per heavy atom. The standard InChI is InChI=1S/C21H14FN5O2S/c1-12-20(30-17(26-12)11-29-21-24-8-3-9-25-21)16-5-2-4-15(27-16)14-7-6-13(10-23)19(28)18(14)22/h2-9,28H,11H2,1H3. The van der Waals surface area contributed by atoms with Crippen LogP contribution >= 0.6 is 11.3 Å². The number of hydrogen-bond acceptors (Lipinski definition) is 8. The summed E-state index contributed by atoms with van der Waals surface area (Å²) in [6.07, 6.45) is 3.19. The van der Waals surface area contributed by atoms with Crippen LogP contribution in [0.3, 0.4) is 0 Å². The minimum absolute atomic E-state index is 0.111. The smallest absolute Gasteiger partial charge is 0.316 e. The van der Waals surface area contributed by atoms with E-state index in [9.17, 15) is 9.50 Å². The molecule has 148 valence electrons. The fourth-order valence-electron chi connectivity index (χ4n) is 2.80. The van der Waals surface area contributed by atoms with Crippen molar-refractivity contribution in [1.29, 1.82) is 5.26 Å². The Kier molecular flexibility index (Phi) is 5.32. The minimum Gasteiger partial charge on any atom is -0.504 e. The van der Waals surface area contributed by atoms with E-state index in [0.717, 1.165) is 15.6 Å². The number of nitrogens with zero attached hydrogens (tertiary/aromatic N) is 5. The number of nitriles is 1. The molecule has 0 aliphatic rings. The third-order valence-electron chi connectivity index (χ3n) is 4.20. The molecule has 0 spiro atoms. The lowest BCUT2D eigenvalue weighted by Crippen LogP contribution is -1.98. The molecule has 4 aromatic rings. The maximum absolute atomic E-state index is 14.5. The van der Waals surface area contributed by atoms with Gasteiger partial charge in [-0.15, -0.1) is 11.3 Å². The van der Waals surface area contributed by atoms with Crippen LogP contribution in [0.1, 0.15) is 16.3 Å². The van der Waals surface area contributed by atoms with Crippen molar-refractivity contribution >= 4 is 11.3 Å². The van der Waals surface area contributed by atoms with E-state index < -0.39 is 11.6 Å². The third-order valence-corrected chi connectivity index (χ3v) is 5.36. The normalized spacial score (nSPS) is 10.6. The first-order valence-corrected chi connectivity index (χ1v) is 9.64. The molecule has 9 heteroatoms. The first-order valence-electron chi connectivity index (χ1n) is 8.82. The van der Waals surface area contributed by atoms with Gasteiger partial charge in [0.1, 0.15) is 17.7 Å². The molecule has 0 saturated heterocycles. The Morgan fingerprint density at radius 2 is 1.87 bits per heavy atom. The topological polar surface area (TPSA) is 105 Å². The van der Waals surface area contributed by atoms with Gasteiger partial charge in [-0.05, 0) is 37.3 Å². The molecular weight excluding hydrogens is 405 g/mol. The molecule has 0 atom stereocenters. The van der Waals surface area contributed by atoms with Gasteiger partial charge >= 0.3 is 6.01 Å². The number of halogens is 1. The van der Waals surface area contributed by atoms with E-state index >= 15 is 0 Å². The van der Waals surface area contributed by atoms with Crippen LogP contribution in [0, 0.1) is 24.1 Å². The van der Waals surface area contributed by atoms with E-state index in [-0.39, 0.29) is 23.7 Å². The van der Waals surface area contributed by atoms with E-state index in [4.69, 9.17) is 10.00 Å². The monoisotopic (exact) mass is 419 g/mol. The van der Waals surface area contributed by atoms with Crippen molar-refractivity contribution in [2.75, 3.05) is 0 Å². The highest BCUT2D eigenvalue weighted by molar-refractivity contribution is 7.15. The van der Waals surface area contributed by atoms with Crippen molar-refractivity contribution in [3.05, 3.63) is 70.9 Å². The van der Waals surface area contributed by atoms with Crippen molar-refractivity contribution in [1.82, 2.24) is 19.9 Å². The van der Waals surface area contributed by atoms with Gasteiger partial charge in [-0.2, -0.15) is 5.26 Å². The molecule has 0 amide bonds. The molecule has 0 aliphatic carbocycles. The number of hydrogen-bond donors (Lipinski definition) is 1. The maximum atomic E-state index is 14.5. The highest BCUT2D eigenvalue weighted by Crippen LogP contribution is 2.33. The number of phenols is 1. The average molecular weight is 419 g/mol. The number of rotatable bonds is 5. The molecule has 0 saturated carbocycles. The summed E-state index contributed by atoms with van der Waals surface area (Å²) in [6.45, 7) is 2.07. The number of aromatic nitrogens is 4. The second-order valence-electron chi connectivity index (χ2n) is 6.19. The van der Waals surface area contributed by atoms with E-state index in [1.807, 2.05) is 6.92 Å². The van der Waals surface area contributed by atoms with Crippen molar-refractivity contribution in [2.45, 2.75) is 13.5 Å². The van der Waals surface area contributed by atoms with E-state index in [1.165, 1.54) is 23.5 Å². The molecule has 0 radical (unpaired) electrons. The predicted molar refractivity (Wildman–Crippen MR) is 108 cm³/mol. The highest BCUT2D eigenvalue weighted by atomic mass is 32.1. The average Bonchev–Trinajstić information content (AvgIpc) is 3.15. The Labute approximate surface area is 175 Å². The lowest BCUT2D eigenvalue weighted by Gasteiger charge is -2.07. The molecule has 0 bridgehead atoms. The lowest BCUT2D eigenvalue weighted by atomic mass is 10.1. The summed E-state index contributed by atoms with van der Waals surface area (Å²) in [5, 5.41) is 19.5. The summed E-state index contributed by atoms with van der Waals surface area (Å²) in [6, 6.07) is 11.7. The second kappa shape index (κ2) is 8.23. The Balaban J connectivity index is 1.63. The van der Waals surface area contributed by atoms with Crippen LogP contribution in [0.4, 0.5) is 4.39 Å². The molecule has 0 fully saturated rings. The molecule has 1 N–H and O–H groups in total. The van der Waals surface area contributed by atoms with Crippen LogP contribution in [0.2, 0.25) is 0 Å². The van der Waals surface area contributed by atoms with Crippen LogP contribution in [0.25, 0.3) is 21.8 Å². The molecule has 4 rings (SSSR count). The molecule has 1 aromatic carbocycles. The van der Waals surface area contributed by atoms with Crippen molar-refractivity contribution in [2.24, 2.45) is 0 Å². The number of aromatic hydroxyl groups is 1. The molecule has 3 heterocycles. The van der Waals surface area contributed by atoms with Gasteiger partial charge in [-0.25, -0.2) is 24.3 Å². The van der Waals surface area contributed by atoms with Crippen molar-refractivity contribution in [3.63, 3.8) is 0 Å². The van der Waals surface area contributed by atoms with E-state index in [0.29, 0.717) is 11.4 Å². The zero-order chi connectivity index (χ0) is 21.1. The van der Waals surface area contributed by atoms with Crippen LogP contribution < -0.4 is 4.74 Å². The first kappa shape index (κ1) is 19.4. The number of pyridine rings is 1. The van der Waals surface area contributed by atoms with Gasteiger partial charge in [-0.1, -0.05) is 6.07 Å². The number of phenolic OH excluding ortho intramolecular Hbond substituents is 1. The fourth-order valence-corrected chi connectivity index (χ4v) is 3.75. The molecular formula is C21H14FN5O2S. The molecule has 0 unspecified atom stereocenters. The Hall–Kier alpha value is -3.90. The quantitative estimate of drug-likeness (QED) is 0.515. The van der Waals surface area contributed by atoms with Gasteiger partial charge in [-0.3, -0.25) is 0 Å². The predicted octanol–water partition coefficient (Wildman–Crippen LogP) is 4.27. The van der Waals surface area contributed by atoms with Crippen LogP contribution in [-0.4, -0.2) is 25.0 Å². The summed E-state index contributed by atoms with van der Waals surface area (Å²) in [7, 11) is 0. The van der Waals surface area contributed by atoms with Gasteiger partial charge in [0.15, 0.2) is 11.6 Å². The molecule has 0 aliphatic heterocycles. The lowest BCUT2D eigenvalue weighted by molar-refractivity contribution is 0.280.